The maximum absolute atomic E-state index is 12.5. The van der Waals surface area contributed by atoms with Gasteiger partial charge in [-0.1, -0.05) is 50.2 Å². The molecule has 112 valence electrons. The quantitative estimate of drug-likeness (QED) is 0.596. The molecule has 1 unspecified atom stereocenters. The Morgan fingerprint density at radius 1 is 0.762 bits per heavy atom. The minimum atomic E-state index is -4.32. The zero-order valence-electron chi connectivity index (χ0n) is 11.8. The van der Waals surface area contributed by atoms with Crippen molar-refractivity contribution in [1.82, 2.24) is 0 Å². The summed E-state index contributed by atoms with van der Waals surface area (Å²) in [5, 5.41) is -0.450. The topological polar surface area (TPSA) is 0 Å². The summed E-state index contributed by atoms with van der Waals surface area (Å²) in [6, 6.07) is 12.8. The van der Waals surface area contributed by atoms with Crippen LogP contribution in [-0.2, 0) is 6.18 Å². The molecule has 0 saturated carbocycles. The Bertz CT molecular complexity index is 583. The largest absolute Gasteiger partial charge is 0.416 e. The zero-order chi connectivity index (χ0) is 15.6. The Balaban J connectivity index is 2.21. The Kier molecular flexibility index (Phi) is 4.62. The number of alkyl halides is 4. The molecule has 2 rings (SSSR count). The van der Waals surface area contributed by atoms with Gasteiger partial charge in [0.2, 0.25) is 0 Å². The predicted molar refractivity (Wildman–Crippen MR) is 79.7 cm³/mol. The molecule has 0 saturated heterocycles. The van der Waals surface area contributed by atoms with Crippen LogP contribution in [0.1, 0.15) is 47.4 Å². The van der Waals surface area contributed by atoms with Crippen LogP contribution in [0.5, 0.6) is 0 Å². The van der Waals surface area contributed by atoms with Crippen LogP contribution in [0.3, 0.4) is 0 Å². The van der Waals surface area contributed by atoms with Crippen molar-refractivity contribution >= 4 is 11.6 Å². The van der Waals surface area contributed by atoms with E-state index in [2.05, 4.69) is 13.8 Å². The van der Waals surface area contributed by atoms with E-state index in [0.717, 1.165) is 17.7 Å². The molecule has 2 aromatic rings. The lowest BCUT2D eigenvalue weighted by Crippen LogP contribution is -2.05. The second-order valence-corrected chi connectivity index (χ2v) is 5.74. The SMILES string of the molecule is CC(C)c1ccc(C(Cl)c2ccc(C(F)(F)F)cc2)cc1. The van der Waals surface area contributed by atoms with Gasteiger partial charge in [0, 0.05) is 0 Å². The Morgan fingerprint density at radius 3 is 1.52 bits per heavy atom. The first-order chi connectivity index (χ1) is 9.79. The highest BCUT2D eigenvalue weighted by molar-refractivity contribution is 6.22. The van der Waals surface area contributed by atoms with Crippen molar-refractivity contribution in [3.63, 3.8) is 0 Å². The van der Waals surface area contributed by atoms with Crippen LogP contribution in [0.25, 0.3) is 0 Å². The Hall–Kier alpha value is -1.48. The third-order valence-corrected chi connectivity index (χ3v) is 3.93. The predicted octanol–water partition coefficient (Wildman–Crippen LogP) is 6.16. The van der Waals surface area contributed by atoms with Crippen molar-refractivity contribution in [2.24, 2.45) is 0 Å². The van der Waals surface area contributed by atoms with Crippen LogP contribution >= 0.6 is 11.6 Å². The second kappa shape index (κ2) is 6.10. The maximum Gasteiger partial charge on any atom is 0.416 e. The van der Waals surface area contributed by atoms with Crippen molar-refractivity contribution in [1.29, 1.82) is 0 Å². The molecular formula is C17H16ClF3. The summed E-state index contributed by atoms with van der Waals surface area (Å²) in [6.07, 6.45) is -4.32. The molecule has 0 spiro atoms. The molecule has 0 aromatic heterocycles. The van der Waals surface area contributed by atoms with E-state index in [0.29, 0.717) is 11.5 Å². The Morgan fingerprint density at radius 2 is 1.14 bits per heavy atom. The summed E-state index contributed by atoms with van der Waals surface area (Å²) in [5.41, 5.74) is 2.07. The van der Waals surface area contributed by atoms with E-state index in [1.54, 1.807) is 0 Å². The van der Waals surface area contributed by atoms with Crippen LogP contribution in [0.15, 0.2) is 48.5 Å². The highest BCUT2D eigenvalue weighted by atomic mass is 35.5. The van der Waals surface area contributed by atoms with Crippen LogP contribution in [0.2, 0.25) is 0 Å². The van der Waals surface area contributed by atoms with Gasteiger partial charge in [-0.05, 0) is 34.7 Å². The highest BCUT2D eigenvalue weighted by Crippen LogP contribution is 2.33. The van der Waals surface area contributed by atoms with Crippen molar-refractivity contribution < 1.29 is 13.2 Å². The molecule has 0 aliphatic heterocycles. The number of benzene rings is 2. The fourth-order valence-corrected chi connectivity index (χ4v) is 2.37. The zero-order valence-corrected chi connectivity index (χ0v) is 12.5. The van der Waals surface area contributed by atoms with Crippen molar-refractivity contribution in [2.45, 2.75) is 31.3 Å². The van der Waals surface area contributed by atoms with E-state index < -0.39 is 17.1 Å². The van der Waals surface area contributed by atoms with Crippen molar-refractivity contribution in [2.75, 3.05) is 0 Å². The molecule has 21 heavy (non-hydrogen) atoms. The fourth-order valence-electron chi connectivity index (χ4n) is 2.08. The van der Waals surface area contributed by atoms with Crippen LogP contribution < -0.4 is 0 Å². The molecule has 0 N–H and O–H groups in total. The molecule has 4 heteroatoms. The van der Waals surface area contributed by atoms with Gasteiger partial charge < -0.3 is 0 Å². The summed E-state index contributed by atoms with van der Waals surface area (Å²) in [7, 11) is 0. The molecule has 0 radical (unpaired) electrons. The van der Waals surface area contributed by atoms with Gasteiger partial charge in [-0.3, -0.25) is 0 Å². The average Bonchev–Trinajstić information content (AvgIpc) is 2.46. The monoisotopic (exact) mass is 312 g/mol. The lowest BCUT2D eigenvalue weighted by atomic mass is 9.98. The van der Waals surface area contributed by atoms with Gasteiger partial charge >= 0.3 is 6.18 Å². The summed E-state index contributed by atoms with van der Waals surface area (Å²) in [4.78, 5) is 0. The number of hydrogen-bond donors (Lipinski definition) is 0. The molecule has 0 bridgehead atoms. The fraction of sp³-hybridized carbons (Fsp3) is 0.294. The lowest BCUT2D eigenvalue weighted by Gasteiger charge is -2.13. The molecule has 0 aliphatic carbocycles. The first-order valence-corrected chi connectivity index (χ1v) is 7.14. The number of rotatable bonds is 3. The third kappa shape index (κ3) is 3.79. The lowest BCUT2D eigenvalue weighted by molar-refractivity contribution is -0.137. The van der Waals surface area contributed by atoms with Gasteiger partial charge in [-0.25, -0.2) is 0 Å². The second-order valence-electron chi connectivity index (χ2n) is 5.30. The standard InChI is InChI=1S/C17H16ClF3/c1-11(2)12-3-5-13(6-4-12)16(18)14-7-9-15(10-8-14)17(19,20)21/h3-11,16H,1-2H3. The van der Waals surface area contributed by atoms with Crippen LogP contribution in [0, 0.1) is 0 Å². The van der Waals surface area contributed by atoms with Gasteiger partial charge in [-0.2, -0.15) is 13.2 Å². The summed E-state index contributed by atoms with van der Waals surface area (Å²) < 4.78 is 37.6. The van der Waals surface area contributed by atoms with E-state index in [-0.39, 0.29) is 0 Å². The smallest absolute Gasteiger partial charge is 0.166 e. The van der Waals surface area contributed by atoms with Crippen molar-refractivity contribution in [3.8, 4) is 0 Å². The number of hydrogen-bond acceptors (Lipinski definition) is 0. The number of halogens is 4. The van der Waals surface area contributed by atoms with Gasteiger partial charge in [0.25, 0.3) is 0 Å². The Labute approximate surface area is 127 Å². The highest BCUT2D eigenvalue weighted by Gasteiger charge is 2.30. The van der Waals surface area contributed by atoms with E-state index in [4.69, 9.17) is 11.6 Å². The van der Waals surface area contributed by atoms with Gasteiger partial charge in [-0.15, -0.1) is 11.6 Å². The maximum atomic E-state index is 12.5. The van der Waals surface area contributed by atoms with E-state index in [1.165, 1.54) is 17.7 Å². The first kappa shape index (κ1) is 15.9. The van der Waals surface area contributed by atoms with Crippen LogP contribution in [-0.4, -0.2) is 0 Å². The van der Waals surface area contributed by atoms with E-state index >= 15 is 0 Å². The molecule has 0 nitrogen and oxygen atoms in total. The molecule has 0 aliphatic rings. The van der Waals surface area contributed by atoms with Gasteiger partial charge in [0.1, 0.15) is 0 Å². The van der Waals surface area contributed by atoms with Crippen LogP contribution in [0.4, 0.5) is 13.2 Å². The third-order valence-electron chi connectivity index (χ3n) is 3.43. The van der Waals surface area contributed by atoms with E-state index in [9.17, 15) is 13.2 Å². The summed E-state index contributed by atoms with van der Waals surface area (Å²) in [6.45, 7) is 4.20. The minimum Gasteiger partial charge on any atom is -0.166 e. The normalized spacial score (nSPS) is 13.5. The molecule has 2 aromatic carbocycles. The van der Waals surface area contributed by atoms with Crippen molar-refractivity contribution in [3.05, 3.63) is 70.8 Å². The molecule has 0 fully saturated rings. The molecular weight excluding hydrogens is 297 g/mol. The first-order valence-electron chi connectivity index (χ1n) is 6.70. The van der Waals surface area contributed by atoms with E-state index in [1.807, 2.05) is 24.3 Å². The van der Waals surface area contributed by atoms with Gasteiger partial charge in [0.15, 0.2) is 0 Å². The summed E-state index contributed by atoms with van der Waals surface area (Å²) in [5.74, 6) is 0.430. The average molecular weight is 313 g/mol. The van der Waals surface area contributed by atoms with Gasteiger partial charge in [0.05, 0.1) is 10.9 Å². The minimum absolute atomic E-state index is 0.430. The molecule has 0 amide bonds. The molecule has 1 atom stereocenters. The molecule has 0 heterocycles. The summed E-state index contributed by atoms with van der Waals surface area (Å²) >= 11 is 6.35.